The zero-order valence-corrected chi connectivity index (χ0v) is 14.4. The minimum Gasteiger partial charge on any atom is -0.347 e. The molecule has 128 valence electrons. The second-order valence-corrected chi connectivity index (χ2v) is 7.91. The maximum atomic E-state index is 12.3. The van der Waals surface area contributed by atoms with E-state index in [0.717, 1.165) is 23.7 Å². The Morgan fingerprint density at radius 1 is 1.46 bits per heavy atom. The Hall–Kier alpha value is -2.19. The molecule has 2 aromatic rings. The van der Waals surface area contributed by atoms with Gasteiger partial charge in [-0.3, -0.25) is 9.48 Å². The van der Waals surface area contributed by atoms with E-state index < -0.39 is 10.0 Å². The largest absolute Gasteiger partial charge is 0.347 e. The molecule has 1 aromatic heterocycles. The molecule has 0 unspecified atom stereocenters. The highest BCUT2D eigenvalue weighted by Crippen LogP contribution is 2.36. The van der Waals surface area contributed by atoms with Gasteiger partial charge in [-0.2, -0.15) is 5.10 Å². The third-order valence-electron chi connectivity index (χ3n) is 4.31. The van der Waals surface area contributed by atoms with Gasteiger partial charge in [0.15, 0.2) is 0 Å². The summed E-state index contributed by atoms with van der Waals surface area (Å²) in [4.78, 5) is 12.2. The van der Waals surface area contributed by atoms with Crippen LogP contribution in [0.1, 0.15) is 29.7 Å². The Morgan fingerprint density at radius 2 is 2.21 bits per heavy atom. The molecule has 0 radical (unpaired) electrons. The quantitative estimate of drug-likeness (QED) is 0.855. The second kappa shape index (κ2) is 6.03. The molecule has 2 atom stereocenters. The summed E-state index contributed by atoms with van der Waals surface area (Å²) < 4.78 is 23.8. The molecule has 1 heterocycles. The van der Waals surface area contributed by atoms with E-state index in [2.05, 4.69) is 35.5 Å². The number of nitrogens with two attached hydrogens (primary N) is 1. The number of rotatable bonds is 4. The minimum absolute atomic E-state index is 0.0410. The molecule has 0 saturated carbocycles. The van der Waals surface area contributed by atoms with Crippen LogP contribution in [0.15, 0.2) is 35.5 Å². The van der Waals surface area contributed by atoms with Gasteiger partial charge in [0.25, 0.3) is 0 Å². The predicted octanol–water partition coefficient (Wildman–Crippen LogP) is 0.889. The summed E-state index contributed by atoms with van der Waals surface area (Å²) in [7, 11) is -3.81. The number of aromatic nitrogens is 2. The normalized spacial score (nSPS) is 20.0. The number of fused-ring (bicyclic) bond motifs is 1. The van der Waals surface area contributed by atoms with Crippen LogP contribution in [0.4, 0.5) is 0 Å². The van der Waals surface area contributed by atoms with Crippen LogP contribution in [0.2, 0.25) is 0 Å². The maximum absolute atomic E-state index is 12.3. The molecule has 1 aliphatic rings. The van der Waals surface area contributed by atoms with Crippen molar-refractivity contribution in [2.75, 3.05) is 0 Å². The highest BCUT2D eigenvalue weighted by molar-refractivity contribution is 7.89. The van der Waals surface area contributed by atoms with E-state index >= 15 is 0 Å². The number of hydrogen-bond donors (Lipinski definition) is 2. The molecule has 1 aromatic carbocycles. The van der Waals surface area contributed by atoms with Crippen molar-refractivity contribution in [3.63, 3.8) is 0 Å². The molecule has 1 amide bonds. The van der Waals surface area contributed by atoms with Crippen molar-refractivity contribution < 1.29 is 13.2 Å². The molecule has 0 spiro atoms. The highest BCUT2D eigenvalue weighted by Gasteiger charge is 2.30. The number of hydrogen-bond acceptors (Lipinski definition) is 4. The number of carbonyl (C=O) groups excluding carboxylic acids is 1. The van der Waals surface area contributed by atoms with Crippen molar-refractivity contribution in [3.8, 4) is 0 Å². The molecule has 3 N–H and O–H groups in total. The maximum Gasteiger partial charge on any atom is 0.242 e. The van der Waals surface area contributed by atoms with Crippen LogP contribution in [-0.4, -0.2) is 24.1 Å². The summed E-state index contributed by atoms with van der Waals surface area (Å²) in [6, 6.07) is 6.25. The minimum atomic E-state index is -3.81. The Kier molecular flexibility index (Phi) is 4.18. The van der Waals surface area contributed by atoms with Gasteiger partial charge in [0, 0.05) is 6.20 Å². The average molecular weight is 348 g/mol. The summed E-state index contributed by atoms with van der Waals surface area (Å²) >= 11 is 0. The standard InChI is InChI=1S/C16H20N4O3S/c1-10-3-4-12-6-11(2)16(14(12)5-10)19-15(21)9-20-8-13(7-18-20)24(17,22)23/h3-5,7-8,11,16H,6,9H2,1-2H3,(H,19,21)(H2,17,22,23)/t11-,16-/m0/s1. The number of primary sulfonamides is 1. The van der Waals surface area contributed by atoms with Crippen LogP contribution in [0.3, 0.4) is 0 Å². The van der Waals surface area contributed by atoms with Crippen molar-refractivity contribution in [3.05, 3.63) is 47.3 Å². The van der Waals surface area contributed by atoms with Crippen LogP contribution in [0, 0.1) is 12.8 Å². The van der Waals surface area contributed by atoms with Crippen molar-refractivity contribution in [2.24, 2.45) is 11.1 Å². The number of nitrogens with one attached hydrogen (secondary N) is 1. The zero-order valence-electron chi connectivity index (χ0n) is 13.6. The zero-order chi connectivity index (χ0) is 17.5. The number of nitrogens with zero attached hydrogens (tertiary/aromatic N) is 2. The van der Waals surface area contributed by atoms with Crippen LogP contribution in [0.5, 0.6) is 0 Å². The molecule has 8 heteroatoms. The van der Waals surface area contributed by atoms with Crippen molar-refractivity contribution in [1.29, 1.82) is 0 Å². The second-order valence-electron chi connectivity index (χ2n) is 6.35. The van der Waals surface area contributed by atoms with E-state index in [4.69, 9.17) is 5.14 Å². The fourth-order valence-electron chi connectivity index (χ4n) is 3.13. The van der Waals surface area contributed by atoms with Gasteiger partial charge < -0.3 is 5.32 Å². The molecular formula is C16H20N4O3S. The van der Waals surface area contributed by atoms with Crippen LogP contribution in [0.25, 0.3) is 0 Å². The van der Waals surface area contributed by atoms with Gasteiger partial charge in [0.05, 0.1) is 12.2 Å². The Labute approximate surface area is 140 Å². The first-order valence-electron chi connectivity index (χ1n) is 7.68. The summed E-state index contributed by atoms with van der Waals surface area (Å²) in [6.45, 7) is 4.08. The number of aryl methyl sites for hydroxylation is 1. The van der Waals surface area contributed by atoms with E-state index in [1.165, 1.54) is 16.4 Å². The molecule has 0 saturated heterocycles. The molecule has 7 nitrogen and oxygen atoms in total. The predicted molar refractivity (Wildman–Crippen MR) is 88.5 cm³/mol. The third-order valence-corrected chi connectivity index (χ3v) is 5.18. The highest BCUT2D eigenvalue weighted by atomic mass is 32.2. The van der Waals surface area contributed by atoms with Gasteiger partial charge >= 0.3 is 0 Å². The Balaban J connectivity index is 1.72. The summed E-state index contributed by atoms with van der Waals surface area (Å²) in [6.07, 6.45) is 3.32. The van der Waals surface area contributed by atoms with Crippen molar-refractivity contribution >= 4 is 15.9 Å². The Bertz CT molecular complexity index is 888. The topological polar surface area (TPSA) is 107 Å². The van der Waals surface area contributed by atoms with Gasteiger partial charge in [-0.05, 0) is 30.4 Å². The fourth-order valence-corrected chi connectivity index (χ4v) is 3.59. The van der Waals surface area contributed by atoms with E-state index in [0.29, 0.717) is 5.92 Å². The lowest BCUT2D eigenvalue weighted by Gasteiger charge is -2.19. The number of sulfonamides is 1. The number of carbonyl (C=O) groups is 1. The molecule has 0 fully saturated rings. The van der Waals surface area contributed by atoms with E-state index in [9.17, 15) is 13.2 Å². The van der Waals surface area contributed by atoms with Crippen molar-refractivity contribution in [2.45, 2.75) is 37.8 Å². The van der Waals surface area contributed by atoms with Gasteiger partial charge in [-0.15, -0.1) is 0 Å². The van der Waals surface area contributed by atoms with Gasteiger partial charge in [0.1, 0.15) is 11.4 Å². The average Bonchev–Trinajstić information content (AvgIpc) is 3.05. The third kappa shape index (κ3) is 3.34. The molecule has 1 aliphatic carbocycles. The molecular weight excluding hydrogens is 328 g/mol. The molecule has 0 aliphatic heterocycles. The van der Waals surface area contributed by atoms with Crippen LogP contribution < -0.4 is 10.5 Å². The van der Waals surface area contributed by atoms with Gasteiger partial charge in [-0.1, -0.05) is 30.7 Å². The van der Waals surface area contributed by atoms with E-state index in [1.54, 1.807) is 0 Å². The smallest absolute Gasteiger partial charge is 0.242 e. The fraction of sp³-hybridized carbons (Fsp3) is 0.375. The molecule has 3 rings (SSSR count). The monoisotopic (exact) mass is 348 g/mol. The lowest BCUT2D eigenvalue weighted by atomic mass is 10.0. The summed E-state index contributed by atoms with van der Waals surface area (Å²) in [5.41, 5.74) is 3.57. The number of benzene rings is 1. The van der Waals surface area contributed by atoms with Gasteiger partial charge in [0.2, 0.25) is 15.9 Å². The lowest BCUT2D eigenvalue weighted by molar-refractivity contribution is -0.122. The first kappa shape index (κ1) is 16.7. The summed E-state index contributed by atoms with van der Waals surface area (Å²) in [5.74, 6) is 0.0913. The van der Waals surface area contributed by atoms with Crippen molar-refractivity contribution in [1.82, 2.24) is 15.1 Å². The first-order valence-corrected chi connectivity index (χ1v) is 9.23. The van der Waals surface area contributed by atoms with Gasteiger partial charge in [-0.25, -0.2) is 13.6 Å². The molecule has 24 heavy (non-hydrogen) atoms. The molecule has 0 bridgehead atoms. The van der Waals surface area contributed by atoms with E-state index in [-0.39, 0.29) is 23.4 Å². The van der Waals surface area contributed by atoms with Crippen LogP contribution in [-0.2, 0) is 27.8 Å². The van der Waals surface area contributed by atoms with Crippen LogP contribution >= 0.6 is 0 Å². The van der Waals surface area contributed by atoms with E-state index in [1.807, 2.05) is 6.92 Å². The SMILES string of the molecule is Cc1ccc2c(c1)[C@@H](NC(=O)Cn1cc(S(N)(=O)=O)cn1)[C@@H](C)C2. The Morgan fingerprint density at radius 3 is 2.88 bits per heavy atom. The first-order chi connectivity index (χ1) is 11.2. The summed E-state index contributed by atoms with van der Waals surface area (Å²) in [5, 5.41) is 11.9. The number of amides is 1. The lowest BCUT2D eigenvalue weighted by Crippen LogP contribution is -2.33.